The first-order valence-electron chi connectivity index (χ1n) is 9.92. The molecule has 0 N–H and O–H groups in total. The van der Waals surface area contributed by atoms with E-state index >= 15 is 0 Å². The Kier molecular flexibility index (Phi) is 5.79. The van der Waals surface area contributed by atoms with Gasteiger partial charge in [0.15, 0.2) is 5.17 Å². The van der Waals surface area contributed by atoms with Gasteiger partial charge in [-0.05, 0) is 37.5 Å². The number of aryl methyl sites for hydroxylation is 1. The first-order valence-corrected chi connectivity index (χ1v) is 12.2. The number of hydrogen-bond acceptors (Lipinski definition) is 4. The van der Waals surface area contributed by atoms with Crippen molar-refractivity contribution in [1.82, 2.24) is 4.90 Å². The minimum absolute atomic E-state index is 0.0180. The molecular weight excluding hydrogens is 404 g/mol. The number of sulfonamides is 1. The van der Waals surface area contributed by atoms with E-state index in [1.165, 1.54) is 11.8 Å². The Labute approximate surface area is 176 Å². The molecule has 2 aromatic carbocycles. The second kappa shape index (κ2) is 8.32. The zero-order chi connectivity index (χ0) is 20.4. The molecule has 4 rings (SSSR count). The van der Waals surface area contributed by atoms with E-state index in [4.69, 9.17) is 0 Å². The fraction of sp³-hybridized carbons (Fsp3) is 0.364. The Hall–Kier alpha value is -2.12. The van der Waals surface area contributed by atoms with Crippen molar-refractivity contribution in [2.24, 2.45) is 4.40 Å². The summed E-state index contributed by atoms with van der Waals surface area (Å²) in [5.41, 5.74) is 1.86. The molecule has 1 amide bonds. The van der Waals surface area contributed by atoms with E-state index in [2.05, 4.69) is 4.40 Å². The molecule has 1 unspecified atom stereocenters. The lowest BCUT2D eigenvalue weighted by Gasteiger charge is -2.30. The van der Waals surface area contributed by atoms with Crippen LogP contribution in [0.5, 0.6) is 0 Å². The predicted octanol–water partition coefficient (Wildman–Crippen LogP) is 4.69. The van der Waals surface area contributed by atoms with Crippen molar-refractivity contribution in [3.63, 3.8) is 0 Å². The Bertz CT molecular complexity index is 1010. The van der Waals surface area contributed by atoms with Gasteiger partial charge in [0.1, 0.15) is 5.25 Å². The summed E-state index contributed by atoms with van der Waals surface area (Å²) in [4.78, 5) is 15.1. The fourth-order valence-corrected chi connectivity index (χ4v) is 6.29. The van der Waals surface area contributed by atoms with Crippen LogP contribution in [0.2, 0.25) is 0 Å². The second-order valence-corrected chi connectivity index (χ2v) is 10.2. The third kappa shape index (κ3) is 4.26. The molecule has 5 nitrogen and oxygen atoms in total. The van der Waals surface area contributed by atoms with Crippen LogP contribution in [0.25, 0.3) is 0 Å². The van der Waals surface area contributed by atoms with Crippen LogP contribution < -0.4 is 0 Å². The van der Waals surface area contributed by atoms with Gasteiger partial charge in [0.05, 0.1) is 4.90 Å². The Morgan fingerprint density at radius 3 is 2.28 bits per heavy atom. The molecule has 0 spiro atoms. The summed E-state index contributed by atoms with van der Waals surface area (Å²) in [6.07, 6.45) is 5.02. The van der Waals surface area contributed by atoms with Crippen molar-refractivity contribution >= 4 is 32.9 Å². The van der Waals surface area contributed by atoms with Gasteiger partial charge in [0.2, 0.25) is 5.91 Å². The summed E-state index contributed by atoms with van der Waals surface area (Å²) in [5.74, 6) is -0.0639. The van der Waals surface area contributed by atoms with Crippen LogP contribution in [-0.4, -0.2) is 30.4 Å². The first-order chi connectivity index (χ1) is 14.0. The van der Waals surface area contributed by atoms with Crippen molar-refractivity contribution in [3.8, 4) is 0 Å². The molecule has 1 saturated carbocycles. The average Bonchev–Trinajstić information content (AvgIpc) is 3.05. The van der Waals surface area contributed by atoms with Crippen molar-refractivity contribution in [3.05, 3.63) is 65.7 Å². The molecule has 2 aromatic rings. The Morgan fingerprint density at radius 2 is 1.62 bits per heavy atom. The van der Waals surface area contributed by atoms with Crippen LogP contribution >= 0.6 is 11.8 Å². The number of amidine groups is 1. The largest absolute Gasteiger partial charge is 0.286 e. The lowest BCUT2D eigenvalue weighted by Crippen LogP contribution is -2.41. The molecule has 1 aliphatic carbocycles. The standard InChI is InChI=1S/C22H24N2O3S2/c1-16-12-14-19(15-13-16)29(26,27)23-22-24(18-10-6-3-7-11-18)21(25)20(28-22)17-8-4-2-5-9-17/h2,4-5,8-9,12-15,18,20H,3,6-7,10-11H2,1H3/b23-22+. The van der Waals surface area contributed by atoms with Crippen LogP contribution in [0.15, 0.2) is 63.9 Å². The van der Waals surface area contributed by atoms with E-state index in [9.17, 15) is 13.2 Å². The normalized spacial score (nSPS) is 22.4. The highest BCUT2D eigenvalue weighted by molar-refractivity contribution is 8.15. The van der Waals surface area contributed by atoms with E-state index in [1.807, 2.05) is 37.3 Å². The topological polar surface area (TPSA) is 66.8 Å². The smallest absolute Gasteiger partial charge is 0.284 e. The van der Waals surface area contributed by atoms with Crippen molar-refractivity contribution in [2.45, 2.75) is 55.2 Å². The van der Waals surface area contributed by atoms with Crippen LogP contribution in [0.1, 0.15) is 48.5 Å². The van der Waals surface area contributed by atoms with Crippen LogP contribution in [0.3, 0.4) is 0 Å². The quantitative estimate of drug-likeness (QED) is 0.709. The summed E-state index contributed by atoms with van der Waals surface area (Å²) in [7, 11) is -3.89. The van der Waals surface area contributed by atoms with E-state index in [-0.39, 0.29) is 16.8 Å². The number of hydrogen-bond donors (Lipinski definition) is 0. The number of rotatable bonds is 4. The lowest BCUT2D eigenvalue weighted by atomic mass is 9.94. The van der Waals surface area contributed by atoms with E-state index in [0.29, 0.717) is 5.17 Å². The molecule has 29 heavy (non-hydrogen) atoms. The van der Waals surface area contributed by atoms with Crippen molar-refractivity contribution in [1.29, 1.82) is 0 Å². The second-order valence-electron chi connectivity index (χ2n) is 7.57. The molecule has 0 radical (unpaired) electrons. The lowest BCUT2D eigenvalue weighted by molar-refractivity contribution is -0.128. The van der Waals surface area contributed by atoms with Gasteiger partial charge in [-0.15, -0.1) is 4.40 Å². The zero-order valence-corrected chi connectivity index (χ0v) is 18.0. The van der Waals surface area contributed by atoms with Crippen LogP contribution in [-0.2, 0) is 14.8 Å². The summed E-state index contributed by atoms with van der Waals surface area (Å²) >= 11 is 1.25. The highest BCUT2D eigenvalue weighted by Crippen LogP contribution is 2.43. The Balaban J connectivity index is 1.72. The molecule has 2 fully saturated rings. The summed E-state index contributed by atoms with van der Waals surface area (Å²) in [5, 5.41) is -0.151. The average molecular weight is 429 g/mol. The summed E-state index contributed by atoms with van der Waals surface area (Å²) in [6.45, 7) is 1.91. The van der Waals surface area contributed by atoms with Gasteiger partial charge in [-0.1, -0.05) is 79.1 Å². The molecule has 1 heterocycles. The number of thioether (sulfide) groups is 1. The molecule has 1 aliphatic heterocycles. The molecule has 0 aromatic heterocycles. The Morgan fingerprint density at radius 1 is 0.966 bits per heavy atom. The van der Waals surface area contributed by atoms with Gasteiger partial charge in [-0.2, -0.15) is 8.42 Å². The predicted molar refractivity (Wildman–Crippen MR) is 116 cm³/mol. The maximum Gasteiger partial charge on any atom is 0.284 e. The number of nitrogens with zero attached hydrogens (tertiary/aromatic N) is 2. The van der Waals surface area contributed by atoms with Gasteiger partial charge in [-0.3, -0.25) is 9.69 Å². The maximum atomic E-state index is 13.3. The van der Waals surface area contributed by atoms with Crippen LogP contribution in [0.4, 0.5) is 0 Å². The maximum absolute atomic E-state index is 13.3. The summed E-state index contributed by atoms with van der Waals surface area (Å²) < 4.78 is 30.0. The summed E-state index contributed by atoms with van der Waals surface area (Å²) in [6, 6.07) is 16.2. The number of carbonyl (C=O) groups excluding carboxylic acids is 1. The van der Waals surface area contributed by atoms with E-state index in [1.54, 1.807) is 29.2 Å². The molecule has 2 aliphatic rings. The highest BCUT2D eigenvalue weighted by Gasteiger charge is 2.43. The van der Waals surface area contributed by atoms with Gasteiger partial charge in [0, 0.05) is 6.04 Å². The van der Waals surface area contributed by atoms with Crippen molar-refractivity contribution in [2.75, 3.05) is 0 Å². The highest BCUT2D eigenvalue weighted by atomic mass is 32.2. The van der Waals surface area contributed by atoms with E-state index in [0.717, 1.165) is 43.2 Å². The molecule has 1 saturated heterocycles. The molecule has 152 valence electrons. The first kappa shape index (κ1) is 20.2. The van der Waals surface area contributed by atoms with Crippen molar-refractivity contribution < 1.29 is 13.2 Å². The van der Waals surface area contributed by atoms with Gasteiger partial charge in [-0.25, -0.2) is 0 Å². The minimum atomic E-state index is -3.89. The molecular formula is C22H24N2O3S2. The zero-order valence-electron chi connectivity index (χ0n) is 16.3. The SMILES string of the molecule is Cc1ccc(S(=O)(=O)/N=C2/SC(c3ccccc3)C(=O)N2C2CCCCC2)cc1. The number of carbonyl (C=O) groups is 1. The van der Waals surface area contributed by atoms with E-state index < -0.39 is 15.3 Å². The minimum Gasteiger partial charge on any atom is -0.286 e. The van der Waals surface area contributed by atoms with Gasteiger partial charge < -0.3 is 0 Å². The van der Waals surface area contributed by atoms with Crippen LogP contribution in [0, 0.1) is 6.92 Å². The fourth-order valence-electron chi connectivity index (χ4n) is 3.88. The molecule has 0 bridgehead atoms. The van der Waals surface area contributed by atoms with Gasteiger partial charge >= 0.3 is 0 Å². The monoisotopic (exact) mass is 428 g/mol. The number of benzene rings is 2. The molecule has 7 heteroatoms. The third-order valence-electron chi connectivity index (χ3n) is 5.45. The van der Waals surface area contributed by atoms with Gasteiger partial charge in [0.25, 0.3) is 10.0 Å². The molecule has 1 atom stereocenters. The number of amides is 1. The third-order valence-corrected chi connectivity index (χ3v) is 8.06.